The standard InChI is InChI=1S/C12H21N3O4S/c1-20(18,19)9-11(16)15-6-2-3-10(15)12(17)14-7-4-13-5-8-14/h10,13H,2-9H2,1H3. The van der Waals surface area contributed by atoms with Gasteiger partial charge in [0.2, 0.25) is 11.8 Å². The van der Waals surface area contributed by atoms with Gasteiger partial charge in [0.15, 0.2) is 9.84 Å². The first-order valence-electron chi connectivity index (χ1n) is 6.85. The lowest BCUT2D eigenvalue weighted by Gasteiger charge is -2.32. The third kappa shape index (κ3) is 3.69. The molecule has 0 spiro atoms. The summed E-state index contributed by atoms with van der Waals surface area (Å²) in [6.07, 6.45) is 2.41. The average molecular weight is 303 g/mol. The van der Waals surface area contributed by atoms with Gasteiger partial charge in [-0.2, -0.15) is 0 Å². The smallest absolute Gasteiger partial charge is 0.245 e. The number of hydrogen-bond donors (Lipinski definition) is 1. The van der Waals surface area contributed by atoms with Gasteiger partial charge in [0, 0.05) is 39.0 Å². The van der Waals surface area contributed by atoms with E-state index in [0.29, 0.717) is 26.1 Å². The number of nitrogens with zero attached hydrogens (tertiary/aromatic N) is 2. The molecule has 1 unspecified atom stereocenters. The minimum Gasteiger partial charge on any atom is -0.338 e. The van der Waals surface area contributed by atoms with E-state index >= 15 is 0 Å². The maximum absolute atomic E-state index is 12.4. The number of nitrogens with one attached hydrogen (secondary N) is 1. The molecule has 2 aliphatic rings. The molecule has 2 saturated heterocycles. The van der Waals surface area contributed by atoms with Gasteiger partial charge in [-0.05, 0) is 12.8 Å². The fourth-order valence-corrected chi connectivity index (χ4v) is 3.34. The minimum atomic E-state index is -3.36. The number of carbonyl (C=O) groups is 2. The monoisotopic (exact) mass is 303 g/mol. The van der Waals surface area contributed by atoms with Gasteiger partial charge in [-0.3, -0.25) is 9.59 Å². The van der Waals surface area contributed by atoms with Crippen molar-refractivity contribution in [1.82, 2.24) is 15.1 Å². The van der Waals surface area contributed by atoms with Crippen molar-refractivity contribution in [1.29, 1.82) is 0 Å². The molecule has 8 heteroatoms. The van der Waals surface area contributed by atoms with E-state index in [1.165, 1.54) is 4.90 Å². The van der Waals surface area contributed by atoms with E-state index in [2.05, 4.69) is 5.32 Å². The maximum Gasteiger partial charge on any atom is 0.245 e. The SMILES string of the molecule is CS(=O)(=O)CC(=O)N1CCCC1C(=O)N1CCNCC1. The molecule has 20 heavy (non-hydrogen) atoms. The Morgan fingerprint density at radius 3 is 2.45 bits per heavy atom. The highest BCUT2D eigenvalue weighted by atomic mass is 32.2. The van der Waals surface area contributed by atoms with Crippen LogP contribution in [0.25, 0.3) is 0 Å². The molecule has 0 aromatic rings. The maximum atomic E-state index is 12.4. The summed E-state index contributed by atoms with van der Waals surface area (Å²) in [7, 11) is -3.36. The average Bonchev–Trinajstić information content (AvgIpc) is 2.86. The van der Waals surface area contributed by atoms with E-state index in [-0.39, 0.29) is 5.91 Å². The Kier molecular flexibility index (Phi) is 4.64. The first kappa shape index (κ1) is 15.2. The van der Waals surface area contributed by atoms with Gasteiger partial charge in [-0.15, -0.1) is 0 Å². The molecular formula is C12H21N3O4S. The number of carbonyl (C=O) groups excluding carboxylic acids is 2. The second-order valence-electron chi connectivity index (χ2n) is 5.39. The van der Waals surface area contributed by atoms with Crippen LogP contribution in [0.3, 0.4) is 0 Å². The summed E-state index contributed by atoms with van der Waals surface area (Å²) >= 11 is 0. The topological polar surface area (TPSA) is 86.8 Å². The fraction of sp³-hybridized carbons (Fsp3) is 0.833. The molecule has 2 amide bonds. The van der Waals surface area contributed by atoms with Crippen LogP contribution in [-0.4, -0.2) is 80.8 Å². The number of amides is 2. The quantitative estimate of drug-likeness (QED) is 0.682. The van der Waals surface area contributed by atoms with Crippen LogP contribution in [0, 0.1) is 0 Å². The summed E-state index contributed by atoms with van der Waals surface area (Å²) in [4.78, 5) is 27.7. The summed E-state index contributed by atoms with van der Waals surface area (Å²) in [5.74, 6) is -1.03. The van der Waals surface area contributed by atoms with Gasteiger partial charge in [-0.25, -0.2) is 8.42 Å². The molecule has 7 nitrogen and oxygen atoms in total. The first-order valence-corrected chi connectivity index (χ1v) is 8.91. The molecule has 114 valence electrons. The van der Waals surface area contributed by atoms with Crippen molar-refractivity contribution in [2.45, 2.75) is 18.9 Å². The van der Waals surface area contributed by atoms with Crippen molar-refractivity contribution in [3.8, 4) is 0 Å². The van der Waals surface area contributed by atoms with E-state index in [1.807, 2.05) is 0 Å². The number of rotatable bonds is 3. The largest absolute Gasteiger partial charge is 0.338 e. The van der Waals surface area contributed by atoms with Crippen LogP contribution in [0.5, 0.6) is 0 Å². The van der Waals surface area contributed by atoms with Gasteiger partial charge < -0.3 is 15.1 Å². The zero-order valence-corrected chi connectivity index (χ0v) is 12.5. The highest BCUT2D eigenvalue weighted by molar-refractivity contribution is 7.91. The summed E-state index contributed by atoms with van der Waals surface area (Å²) in [5, 5.41) is 3.17. The predicted molar refractivity (Wildman–Crippen MR) is 73.9 cm³/mol. The molecule has 2 aliphatic heterocycles. The van der Waals surface area contributed by atoms with Crippen LogP contribution >= 0.6 is 0 Å². The van der Waals surface area contributed by atoms with Gasteiger partial charge in [0.25, 0.3) is 0 Å². The van der Waals surface area contributed by atoms with Crippen LogP contribution < -0.4 is 5.32 Å². The Hall–Kier alpha value is -1.15. The molecule has 2 fully saturated rings. The summed E-state index contributed by atoms with van der Waals surface area (Å²) in [6, 6.07) is -0.484. The molecule has 0 saturated carbocycles. The van der Waals surface area contributed by atoms with Crippen LogP contribution in [0.1, 0.15) is 12.8 Å². The number of piperazine rings is 1. The molecular weight excluding hydrogens is 282 g/mol. The molecule has 1 atom stereocenters. The Bertz CT molecular complexity index is 485. The van der Waals surface area contributed by atoms with Gasteiger partial charge in [0.1, 0.15) is 11.8 Å². The molecule has 1 N–H and O–H groups in total. The zero-order chi connectivity index (χ0) is 14.8. The summed E-state index contributed by atoms with van der Waals surface area (Å²) in [6.45, 7) is 3.27. The molecule has 0 aromatic carbocycles. The molecule has 0 aromatic heterocycles. The molecule has 0 bridgehead atoms. The van der Waals surface area contributed by atoms with Crippen LogP contribution in [0.4, 0.5) is 0 Å². The van der Waals surface area contributed by atoms with Crippen LogP contribution in [0.2, 0.25) is 0 Å². The van der Waals surface area contributed by atoms with Crippen molar-refractivity contribution in [3.05, 3.63) is 0 Å². The van der Waals surface area contributed by atoms with E-state index in [4.69, 9.17) is 0 Å². The van der Waals surface area contributed by atoms with Crippen LogP contribution in [0.15, 0.2) is 0 Å². The normalized spacial score (nSPS) is 23.9. The summed E-state index contributed by atoms with van der Waals surface area (Å²) < 4.78 is 22.5. The fourth-order valence-electron chi connectivity index (χ4n) is 2.73. The molecule has 0 aliphatic carbocycles. The highest BCUT2D eigenvalue weighted by Gasteiger charge is 2.37. The highest BCUT2D eigenvalue weighted by Crippen LogP contribution is 2.20. The summed E-state index contributed by atoms with van der Waals surface area (Å²) in [5.41, 5.74) is 0. The first-order chi connectivity index (χ1) is 9.38. The predicted octanol–water partition coefficient (Wildman–Crippen LogP) is -1.55. The van der Waals surface area contributed by atoms with Crippen LogP contribution in [-0.2, 0) is 19.4 Å². The Morgan fingerprint density at radius 1 is 1.20 bits per heavy atom. The van der Waals surface area contributed by atoms with Crippen molar-refractivity contribution in [3.63, 3.8) is 0 Å². The van der Waals surface area contributed by atoms with Crippen molar-refractivity contribution < 1.29 is 18.0 Å². The lowest BCUT2D eigenvalue weighted by atomic mass is 10.1. The number of sulfone groups is 1. The van der Waals surface area contributed by atoms with E-state index in [1.54, 1.807) is 4.90 Å². The second-order valence-corrected chi connectivity index (χ2v) is 7.53. The third-order valence-corrected chi connectivity index (χ3v) is 4.44. The van der Waals surface area contributed by atoms with Gasteiger partial charge in [0.05, 0.1) is 0 Å². The van der Waals surface area contributed by atoms with Crippen molar-refractivity contribution in [2.24, 2.45) is 0 Å². The second kappa shape index (κ2) is 6.09. The Balaban J connectivity index is 2.02. The lowest BCUT2D eigenvalue weighted by molar-refractivity contribution is -0.143. The van der Waals surface area contributed by atoms with Gasteiger partial charge >= 0.3 is 0 Å². The molecule has 2 heterocycles. The van der Waals surface area contributed by atoms with Crippen molar-refractivity contribution in [2.75, 3.05) is 44.7 Å². The number of likely N-dealkylation sites (tertiary alicyclic amines) is 1. The Labute approximate surface area is 119 Å². The van der Waals surface area contributed by atoms with E-state index in [9.17, 15) is 18.0 Å². The zero-order valence-electron chi connectivity index (χ0n) is 11.7. The van der Waals surface area contributed by atoms with E-state index < -0.39 is 27.5 Å². The molecule has 0 radical (unpaired) electrons. The third-order valence-electron chi connectivity index (χ3n) is 3.67. The van der Waals surface area contributed by atoms with Gasteiger partial charge in [-0.1, -0.05) is 0 Å². The Morgan fingerprint density at radius 2 is 1.85 bits per heavy atom. The lowest BCUT2D eigenvalue weighted by Crippen LogP contribution is -2.54. The molecule has 2 rings (SSSR count). The van der Waals surface area contributed by atoms with E-state index in [0.717, 1.165) is 25.8 Å². The minimum absolute atomic E-state index is 0.0501. The van der Waals surface area contributed by atoms with Crippen molar-refractivity contribution >= 4 is 21.7 Å². The number of hydrogen-bond acceptors (Lipinski definition) is 5.